The van der Waals surface area contributed by atoms with Crippen molar-refractivity contribution in [1.29, 1.82) is 0 Å². The summed E-state index contributed by atoms with van der Waals surface area (Å²) in [5.41, 5.74) is 1.30. The molecule has 1 aromatic heterocycles. The fourth-order valence-corrected chi connectivity index (χ4v) is 3.38. The second kappa shape index (κ2) is 9.61. The number of ether oxygens (including phenoxy) is 2. The maximum atomic E-state index is 12.7. The molecule has 1 unspecified atom stereocenters. The van der Waals surface area contributed by atoms with E-state index in [9.17, 15) is 9.59 Å². The molecule has 2 aromatic rings. The molecule has 7 nitrogen and oxygen atoms in total. The molecule has 2 heterocycles. The maximum Gasteiger partial charge on any atom is 0.413 e. The molecule has 1 atom stereocenters. The summed E-state index contributed by atoms with van der Waals surface area (Å²) < 4.78 is 10.8. The van der Waals surface area contributed by atoms with Crippen LogP contribution in [0.3, 0.4) is 0 Å². The van der Waals surface area contributed by atoms with Gasteiger partial charge in [0, 0.05) is 12.7 Å². The van der Waals surface area contributed by atoms with Crippen LogP contribution in [0.1, 0.15) is 57.2 Å². The molecule has 1 saturated heterocycles. The number of carbonyl (C=O) groups excluding carboxylic acids is 2. The first-order chi connectivity index (χ1) is 14.3. The van der Waals surface area contributed by atoms with Gasteiger partial charge in [-0.15, -0.1) is 0 Å². The van der Waals surface area contributed by atoms with E-state index in [1.165, 1.54) is 0 Å². The lowest BCUT2D eigenvalue weighted by Gasteiger charge is -2.35. The van der Waals surface area contributed by atoms with Crippen molar-refractivity contribution < 1.29 is 19.1 Å². The molecule has 1 aromatic carbocycles. The minimum Gasteiger partial charge on any atom is -0.445 e. The fourth-order valence-electron chi connectivity index (χ4n) is 3.38. The minimum atomic E-state index is -0.577. The van der Waals surface area contributed by atoms with Crippen LogP contribution in [0.2, 0.25) is 0 Å². The number of benzene rings is 1. The summed E-state index contributed by atoms with van der Waals surface area (Å²) in [5, 5.41) is 2.62. The molecule has 3 rings (SSSR count). The van der Waals surface area contributed by atoms with Gasteiger partial charge in [-0.1, -0.05) is 36.4 Å². The van der Waals surface area contributed by atoms with Crippen LogP contribution in [0.25, 0.3) is 0 Å². The number of amides is 2. The quantitative estimate of drug-likeness (QED) is 0.739. The number of carbonyl (C=O) groups is 2. The van der Waals surface area contributed by atoms with Crippen LogP contribution in [0, 0.1) is 0 Å². The third-order valence-corrected chi connectivity index (χ3v) is 4.74. The topological polar surface area (TPSA) is 80.8 Å². The van der Waals surface area contributed by atoms with E-state index in [4.69, 9.17) is 9.47 Å². The Balaban J connectivity index is 1.62. The van der Waals surface area contributed by atoms with Crippen LogP contribution < -0.4 is 5.32 Å². The lowest BCUT2D eigenvalue weighted by atomic mass is 9.97. The number of piperidine rings is 1. The molecule has 1 fully saturated rings. The van der Waals surface area contributed by atoms with E-state index in [0.29, 0.717) is 12.4 Å². The molecule has 7 heteroatoms. The van der Waals surface area contributed by atoms with Gasteiger partial charge in [0.15, 0.2) is 0 Å². The molecule has 0 bridgehead atoms. The van der Waals surface area contributed by atoms with E-state index in [-0.39, 0.29) is 18.7 Å². The fraction of sp³-hybridized carbons (Fsp3) is 0.435. The van der Waals surface area contributed by atoms with Gasteiger partial charge >= 0.3 is 12.2 Å². The first-order valence-electron chi connectivity index (χ1n) is 10.2. The smallest absolute Gasteiger partial charge is 0.413 e. The molecule has 2 amide bonds. The molecular formula is C23H29N3O4. The number of nitrogens with zero attached hydrogens (tertiary/aromatic N) is 2. The molecule has 1 N–H and O–H groups in total. The minimum absolute atomic E-state index is 0.0925. The Morgan fingerprint density at radius 2 is 1.90 bits per heavy atom. The summed E-state index contributed by atoms with van der Waals surface area (Å²) in [5.74, 6) is 0.405. The highest BCUT2D eigenvalue weighted by atomic mass is 16.6. The lowest BCUT2D eigenvalue weighted by Crippen LogP contribution is -2.38. The number of hydrogen-bond donors (Lipinski definition) is 1. The van der Waals surface area contributed by atoms with Crippen LogP contribution in [-0.2, 0) is 16.1 Å². The van der Waals surface area contributed by atoms with Crippen molar-refractivity contribution in [2.75, 3.05) is 11.9 Å². The molecule has 1 aliphatic heterocycles. The number of rotatable bonds is 4. The van der Waals surface area contributed by atoms with E-state index in [2.05, 4.69) is 10.3 Å². The van der Waals surface area contributed by atoms with Gasteiger partial charge in [-0.3, -0.25) is 5.32 Å². The largest absolute Gasteiger partial charge is 0.445 e. The summed E-state index contributed by atoms with van der Waals surface area (Å²) >= 11 is 0. The van der Waals surface area contributed by atoms with Gasteiger partial charge in [-0.05, 0) is 57.2 Å². The van der Waals surface area contributed by atoms with Crippen molar-refractivity contribution in [3.05, 3.63) is 59.8 Å². The third-order valence-electron chi connectivity index (χ3n) is 4.74. The zero-order valence-corrected chi connectivity index (χ0v) is 17.8. The molecule has 0 saturated carbocycles. The van der Waals surface area contributed by atoms with Gasteiger partial charge in [0.2, 0.25) is 0 Å². The Labute approximate surface area is 177 Å². The van der Waals surface area contributed by atoms with Gasteiger partial charge in [-0.25, -0.2) is 14.6 Å². The average molecular weight is 412 g/mol. The normalized spacial score (nSPS) is 16.6. The monoisotopic (exact) mass is 411 g/mol. The average Bonchev–Trinajstić information content (AvgIpc) is 2.72. The zero-order chi connectivity index (χ0) is 21.6. The summed E-state index contributed by atoms with van der Waals surface area (Å²) in [6.45, 7) is 6.31. The Bertz CT molecular complexity index is 847. The third kappa shape index (κ3) is 6.20. The summed E-state index contributed by atoms with van der Waals surface area (Å²) in [7, 11) is 0. The molecule has 1 aliphatic rings. The Morgan fingerprint density at radius 3 is 2.57 bits per heavy atom. The van der Waals surface area contributed by atoms with Gasteiger partial charge in [0.25, 0.3) is 0 Å². The van der Waals surface area contributed by atoms with Crippen LogP contribution in [-0.4, -0.2) is 34.2 Å². The number of nitrogens with one attached hydrogen (secondary N) is 1. The predicted molar refractivity (Wildman–Crippen MR) is 114 cm³/mol. The van der Waals surface area contributed by atoms with Crippen molar-refractivity contribution in [3.63, 3.8) is 0 Å². The molecule has 0 spiro atoms. The van der Waals surface area contributed by atoms with Crippen LogP contribution in [0.4, 0.5) is 15.4 Å². The molecule has 0 aliphatic carbocycles. The number of hydrogen-bond acceptors (Lipinski definition) is 5. The number of anilines is 1. The Morgan fingerprint density at radius 1 is 1.13 bits per heavy atom. The van der Waals surface area contributed by atoms with Crippen molar-refractivity contribution in [1.82, 2.24) is 9.88 Å². The number of aromatic nitrogens is 1. The first-order valence-corrected chi connectivity index (χ1v) is 10.2. The SMILES string of the molecule is CC(C)(C)OC(=O)Nc1ccc(C2CCCCN2C(=O)OCc2ccccc2)cn1. The second-order valence-electron chi connectivity index (χ2n) is 8.35. The van der Waals surface area contributed by atoms with Crippen LogP contribution in [0.15, 0.2) is 48.7 Å². The van der Waals surface area contributed by atoms with Crippen LogP contribution >= 0.6 is 0 Å². The lowest BCUT2D eigenvalue weighted by molar-refractivity contribution is 0.0634. The Hall–Kier alpha value is -3.09. The van der Waals surface area contributed by atoms with E-state index < -0.39 is 11.7 Å². The van der Waals surface area contributed by atoms with Crippen LogP contribution in [0.5, 0.6) is 0 Å². The number of likely N-dealkylation sites (tertiary alicyclic amines) is 1. The zero-order valence-electron chi connectivity index (χ0n) is 17.8. The van der Waals surface area contributed by atoms with Crippen molar-refractivity contribution in [2.24, 2.45) is 0 Å². The molecule has 30 heavy (non-hydrogen) atoms. The van der Waals surface area contributed by atoms with E-state index in [0.717, 1.165) is 30.4 Å². The van der Waals surface area contributed by atoms with E-state index in [1.807, 2.05) is 36.4 Å². The van der Waals surface area contributed by atoms with Gasteiger partial charge < -0.3 is 14.4 Å². The number of pyridine rings is 1. The summed E-state index contributed by atoms with van der Waals surface area (Å²) in [4.78, 5) is 30.7. The van der Waals surface area contributed by atoms with Gasteiger partial charge in [0.05, 0.1) is 6.04 Å². The standard InChI is InChI=1S/C23H29N3O4/c1-23(2,3)30-21(27)25-20-13-12-18(15-24-20)19-11-7-8-14-26(19)22(28)29-16-17-9-5-4-6-10-17/h4-6,9-10,12-13,15,19H,7-8,11,14,16H2,1-3H3,(H,24,25,27). The predicted octanol–water partition coefficient (Wildman–Crippen LogP) is 5.29. The van der Waals surface area contributed by atoms with Crippen molar-refractivity contribution >= 4 is 18.0 Å². The van der Waals surface area contributed by atoms with Crippen molar-refractivity contribution in [2.45, 2.75) is 58.3 Å². The summed E-state index contributed by atoms with van der Waals surface area (Å²) in [6, 6.07) is 13.2. The second-order valence-corrected chi connectivity index (χ2v) is 8.35. The molecule has 160 valence electrons. The Kier molecular flexibility index (Phi) is 6.92. The highest BCUT2D eigenvalue weighted by Crippen LogP contribution is 2.31. The van der Waals surface area contributed by atoms with Gasteiger partial charge in [-0.2, -0.15) is 0 Å². The van der Waals surface area contributed by atoms with E-state index >= 15 is 0 Å². The first kappa shape index (κ1) is 21.6. The van der Waals surface area contributed by atoms with Gasteiger partial charge in [0.1, 0.15) is 18.0 Å². The molecular weight excluding hydrogens is 382 g/mol. The maximum absolute atomic E-state index is 12.7. The van der Waals surface area contributed by atoms with E-state index in [1.54, 1.807) is 37.9 Å². The molecule has 0 radical (unpaired) electrons. The summed E-state index contributed by atoms with van der Waals surface area (Å²) in [6.07, 6.45) is 3.65. The van der Waals surface area contributed by atoms with Crippen molar-refractivity contribution in [3.8, 4) is 0 Å². The highest BCUT2D eigenvalue weighted by molar-refractivity contribution is 5.83. The highest BCUT2D eigenvalue weighted by Gasteiger charge is 2.29.